The number of hydrogen-bond donors (Lipinski definition) is 2. The van der Waals surface area contributed by atoms with Gasteiger partial charge in [0.15, 0.2) is 0 Å². The summed E-state index contributed by atoms with van der Waals surface area (Å²) >= 11 is 5.84. The maximum Gasteiger partial charge on any atom is 0.233 e. The number of aromatic nitrogens is 2. The van der Waals surface area contributed by atoms with Crippen molar-refractivity contribution in [1.82, 2.24) is 20.8 Å². The quantitative estimate of drug-likeness (QED) is 0.670. The zero-order valence-corrected chi connectivity index (χ0v) is 13.6. The topological polar surface area (TPSA) is 89.3 Å². The molecule has 1 heterocycles. The molecule has 0 saturated heterocycles. The fourth-order valence-electron chi connectivity index (χ4n) is 1.82. The Morgan fingerprint density at radius 1 is 1.30 bits per heavy atom. The predicted molar refractivity (Wildman–Crippen MR) is 86.2 cm³/mol. The second-order valence-electron chi connectivity index (χ2n) is 4.79. The van der Waals surface area contributed by atoms with Crippen LogP contribution in [0.1, 0.15) is 5.89 Å². The van der Waals surface area contributed by atoms with Gasteiger partial charge in [-0.3, -0.25) is 4.79 Å². The number of carbonyl (C=O) groups is 1. The van der Waals surface area contributed by atoms with Crippen molar-refractivity contribution in [3.05, 3.63) is 35.2 Å². The van der Waals surface area contributed by atoms with Crippen molar-refractivity contribution in [3.8, 4) is 11.4 Å². The van der Waals surface area contributed by atoms with Gasteiger partial charge >= 0.3 is 0 Å². The van der Waals surface area contributed by atoms with E-state index in [-0.39, 0.29) is 12.5 Å². The molecule has 0 saturated carbocycles. The largest absolute Gasteiger partial charge is 0.383 e. The number of nitrogens with one attached hydrogen (secondary N) is 2. The third kappa shape index (κ3) is 5.97. The molecule has 0 spiro atoms. The fraction of sp³-hybridized carbons (Fsp3) is 0.400. The Kier molecular flexibility index (Phi) is 6.99. The van der Waals surface area contributed by atoms with Gasteiger partial charge in [-0.1, -0.05) is 16.8 Å². The number of nitrogens with zero attached hydrogens (tertiary/aromatic N) is 2. The summed E-state index contributed by atoms with van der Waals surface area (Å²) in [5.41, 5.74) is 0.829. The van der Waals surface area contributed by atoms with Crippen molar-refractivity contribution in [3.63, 3.8) is 0 Å². The van der Waals surface area contributed by atoms with E-state index in [2.05, 4.69) is 20.8 Å². The minimum absolute atomic E-state index is 0.0847. The maximum absolute atomic E-state index is 11.6. The summed E-state index contributed by atoms with van der Waals surface area (Å²) in [5.74, 6) is 0.894. The first-order valence-electron chi connectivity index (χ1n) is 7.24. The van der Waals surface area contributed by atoms with Gasteiger partial charge in [0, 0.05) is 37.2 Å². The minimum atomic E-state index is -0.0847. The highest BCUT2D eigenvalue weighted by Crippen LogP contribution is 2.18. The zero-order valence-electron chi connectivity index (χ0n) is 12.8. The van der Waals surface area contributed by atoms with Crippen LogP contribution in [0.2, 0.25) is 5.02 Å². The van der Waals surface area contributed by atoms with Crippen molar-refractivity contribution in [2.75, 3.05) is 33.4 Å². The third-order valence-corrected chi connectivity index (χ3v) is 3.25. The highest BCUT2D eigenvalue weighted by atomic mass is 35.5. The van der Waals surface area contributed by atoms with Crippen molar-refractivity contribution in [2.45, 2.75) is 6.42 Å². The summed E-state index contributed by atoms with van der Waals surface area (Å²) in [6.07, 6.45) is 0.477. The first-order chi connectivity index (χ1) is 11.2. The molecule has 0 fully saturated rings. The van der Waals surface area contributed by atoms with Crippen LogP contribution in [0.15, 0.2) is 28.8 Å². The van der Waals surface area contributed by atoms with Crippen molar-refractivity contribution in [1.29, 1.82) is 0 Å². The Bertz CT molecular complexity index is 615. The molecule has 1 aromatic carbocycles. The zero-order chi connectivity index (χ0) is 16.5. The van der Waals surface area contributed by atoms with Crippen LogP contribution in [0, 0.1) is 0 Å². The highest BCUT2D eigenvalue weighted by molar-refractivity contribution is 6.30. The van der Waals surface area contributed by atoms with E-state index in [1.807, 2.05) is 12.1 Å². The van der Waals surface area contributed by atoms with Crippen LogP contribution in [0.3, 0.4) is 0 Å². The number of rotatable bonds is 9. The molecule has 0 aliphatic rings. The SMILES string of the molecule is COCCNCC(=O)NCCc1nc(-c2ccc(Cl)cc2)no1. The normalized spacial score (nSPS) is 10.7. The number of hydrogen-bond acceptors (Lipinski definition) is 6. The molecule has 124 valence electrons. The molecule has 23 heavy (non-hydrogen) atoms. The Balaban J connectivity index is 1.72. The van der Waals surface area contributed by atoms with E-state index in [0.717, 1.165) is 5.56 Å². The number of carbonyl (C=O) groups excluding carboxylic acids is 1. The monoisotopic (exact) mass is 338 g/mol. The lowest BCUT2D eigenvalue weighted by molar-refractivity contribution is -0.120. The summed E-state index contributed by atoms with van der Waals surface area (Å²) in [4.78, 5) is 15.9. The summed E-state index contributed by atoms with van der Waals surface area (Å²) in [5, 5.41) is 10.3. The molecule has 7 nitrogen and oxygen atoms in total. The van der Waals surface area contributed by atoms with Crippen LogP contribution in [0.5, 0.6) is 0 Å². The first kappa shape index (κ1) is 17.4. The van der Waals surface area contributed by atoms with Crippen LogP contribution >= 0.6 is 11.6 Å². The molecule has 1 aromatic heterocycles. The van der Waals surface area contributed by atoms with Gasteiger partial charge in [-0.2, -0.15) is 4.98 Å². The first-order valence-corrected chi connectivity index (χ1v) is 7.61. The Morgan fingerprint density at radius 3 is 2.83 bits per heavy atom. The van der Waals surface area contributed by atoms with E-state index in [0.29, 0.717) is 42.9 Å². The lowest BCUT2D eigenvalue weighted by Crippen LogP contribution is -2.36. The van der Waals surface area contributed by atoms with Crippen LogP contribution < -0.4 is 10.6 Å². The Morgan fingerprint density at radius 2 is 2.09 bits per heavy atom. The molecule has 0 aliphatic carbocycles. The average molecular weight is 339 g/mol. The number of methoxy groups -OCH3 is 1. The second-order valence-corrected chi connectivity index (χ2v) is 5.22. The van der Waals surface area contributed by atoms with Crippen molar-refractivity contribution < 1.29 is 14.1 Å². The number of amides is 1. The minimum Gasteiger partial charge on any atom is -0.383 e. The van der Waals surface area contributed by atoms with Gasteiger partial charge in [0.05, 0.1) is 13.2 Å². The van der Waals surface area contributed by atoms with Crippen LogP contribution in [0.25, 0.3) is 11.4 Å². The molecule has 0 radical (unpaired) electrons. The van der Waals surface area contributed by atoms with Crippen LogP contribution in [-0.2, 0) is 16.0 Å². The van der Waals surface area contributed by atoms with Gasteiger partial charge in [-0.05, 0) is 24.3 Å². The number of halogens is 1. The molecule has 0 aliphatic heterocycles. The Labute approximate surface area is 139 Å². The van der Waals surface area contributed by atoms with Crippen LogP contribution in [0.4, 0.5) is 0 Å². The highest BCUT2D eigenvalue weighted by Gasteiger charge is 2.09. The molecule has 2 aromatic rings. The molecule has 2 rings (SSSR count). The number of ether oxygens (including phenoxy) is 1. The molecule has 0 unspecified atom stereocenters. The van der Waals surface area contributed by atoms with E-state index >= 15 is 0 Å². The summed E-state index contributed by atoms with van der Waals surface area (Å²) in [7, 11) is 1.62. The maximum atomic E-state index is 11.6. The van der Waals surface area contributed by atoms with E-state index in [9.17, 15) is 4.79 Å². The second kappa shape index (κ2) is 9.24. The molecular weight excluding hydrogens is 320 g/mol. The van der Waals surface area contributed by atoms with Gasteiger partial charge in [0.1, 0.15) is 0 Å². The van der Waals surface area contributed by atoms with Gasteiger partial charge in [-0.25, -0.2) is 0 Å². The number of benzene rings is 1. The fourth-order valence-corrected chi connectivity index (χ4v) is 1.95. The van der Waals surface area contributed by atoms with Gasteiger partial charge in [-0.15, -0.1) is 0 Å². The van der Waals surface area contributed by atoms with Gasteiger partial charge < -0.3 is 19.9 Å². The average Bonchev–Trinajstić information content (AvgIpc) is 3.01. The summed E-state index contributed by atoms with van der Waals surface area (Å²) in [6.45, 7) is 1.90. The Hall–Kier alpha value is -1.96. The standard InChI is InChI=1S/C15H19ClN4O3/c1-22-9-8-17-10-13(21)18-7-6-14-19-15(20-23-14)11-2-4-12(16)5-3-11/h2-5,17H,6-10H2,1H3,(H,18,21). The smallest absolute Gasteiger partial charge is 0.233 e. The van der Waals surface area contributed by atoms with Crippen molar-refractivity contribution >= 4 is 17.5 Å². The van der Waals surface area contributed by atoms with Gasteiger partial charge in [0.2, 0.25) is 17.6 Å². The molecule has 0 atom stereocenters. The molecule has 1 amide bonds. The lowest BCUT2D eigenvalue weighted by Gasteiger charge is -2.04. The molecule has 0 bridgehead atoms. The van der Waals surface area contributed by atoms with E-state index in [4.69, 9.17) is 20.9 Å². The van der Waals surface area contributed by atoms with E-state index in [1.165, 1.54) is 0 Å². The van der Waals surface area contributed by atoms with Crippen molar-refractivity contribution in [2.24, 2.45) is 0 Å². The predicted octanol–water partition coefficient (Wildman–Crippen LogP) is 1.28. The molecule has 8 heteroatoms. The lowest BCUT2D eigenvalue weighted by atomic mass is 10.2. The molecule has 2 N–H and O–H groups in total. The molecular formula is C15H19ClN4O3. The summed E-state index contributed by atoms with van der Waals surface area (Å²) in [6, 6.07) is 7.18. The van der Waals surface area contributed by atoms with Gasteiger partial charge in [0.25, 0.3) is 0 Å². The third-order valence-electron chi connectivity index (χ3n) is 3.00. The van der Waals surface area contributed by atoms with E-state index in [1.54, 1.807) is 19.2 Å². The summed E-state index contributed by atoms with van der Waals surface area (Å²) < 4.78 is 10.0. The van der Waals surface area contributed by atoms with Crippen LogP contribution in [-0.4, -0.2) is 49.4 Å². The van der Waals surface area contributed by atoms with E-state index < -0.39 is 0 Å².